The molecule has 0 spiro atoms. The van der Waals surface area contributed by atoms with Crippen LogP contribution >= 0.6 is 0 Å². The Hall–Kier alpha value is -2.13. The molecule has 2 unspecified atom stereocenters. The van der Waals surface area contributed by atoms with Crippen molar-refractivity contribution in [2.75, 3.05) is 18.5 Å². The number of hydrogen-bond donors (Lipinski definition) is 2. The molecule has 1 saturated heterocycles. The highest BCUT2D eigenvalue weighted by atomic mass is 16.5. The number of nitrogens with one attached hydrogen (secondary N) is 1. The van der Waals surface area contributed by atoms with Gasteiger partial charge in [0, 0.05) is 6.20 Å². The lowest BCUT2D eigenvalue weighted by Crippen LogP contribution is -2.43. The van der Waals surface area contributed by atoms with E-state index in [4.69, 9.17) is 10.00 Å². The predicted molar refractivity (Wildman–Crippen MR) is 62.9 cm³/mol. The van der Waals surface area contributed by atoms with E-state index < -0.39 is 11.4 Å². The van der Waals surface area contributed by atoms with Gasteiger partial charge in [0.2, 0.25) is 0 Å². The van der Waals surface area contributed by atoms with Gasteiger partial charge < -0.3 is 15.2 Å². The van der Waals surface area contributed by atoms with Crippen molar-refractivity contribution in [3.63, 3.8) is 0 Å². The number of nitrogens with zero attached hydrogens (tertiary/aromatic N) is 2. The number of ether oxygens (including phenoxy) is 1. The normalized spacial score (nSPS) is 26.6. The molecule has 18 heavy (non-hydrogen) atoms. The first-order chi connectivity index (χ1) is 8.58. The number of aliphatic carboxylic acids is 1. The molecule has 0 saturated carbocycles. The van der Waals surface area contributed by atoms with Gasteiger partial charge in [0.1, 0.15) is 11.5 Å². The molecule has 94 valence electrons. The summed E-state index contributed by atoms with van der Waals surface area (Å²) in [6, 6.07) is 4.97. The second kappa shape index (κ2) is 4.63. The van der Waals surface area contributed by atoms with E-state index in [0.29, 0.717) is 12.3 Å². The van der Waals surface area contributed by atoms with Gasteiger partial charge >= 0.3 is 5.97 Å². The van der Waals surface area contributed by atoms with E-state index in [-0.39, 0.29) is 18.3 Å². The summed E-state index contributed by atoms with van der Waals surface area (Å²) in [7, 11) is 0. The van der Waals surface area contributed by atoms with E-state index >= 15 is 0 Å². The Bertz CT molecular complexity index is 512. The second-order valence-corrected chi connectivity index (χ2v) is 4.45. The summed E-state index contributed by atoms with van der Waals surface area (Å²) in [5, 5.41) is 21.2. The highest BCUT2D eigenvalue weighted by molar-refractivity contribution is 5.77. The fraction of sp³-hybridized carbons (Fsp3) is 0.417. The zero-order valence-electron chi connectivity index (χ0n) is 9.88. The van der Waals surface area contributed by atoms with Crippen LogP contribution in [0.25, 0.3) is 0 Å². The van der Waals surface area contributed by atoms with Gasteiger partial charge in [-0.2, -0.15) is 5.26 Å². The molecule has 1 aliphatic rings. The average Bonchev–Trinajstić information content (AvgIpc) is 2.73. The monoisotopic (exact) mass is 247 g/mol. The number of carbonyl (C=O) groups is 1. The van der Waals surface area contributed by atoms with Crippen LogP contribution in [-0.2, 0) is 9.53 Å². The molecule has 0 aromatic carbocycles. The van der Waals surface area contributed by atoms with Gasteiger partial charge in [0.05, 0.1) is 24.9 Å². The Morgan fingerprint density at radius 2 is 2.56 bits per heavy atom. The maximum Gasteiger partial charge on any atom is 0.313 e. The Morgan fingerprint density at radius 1 is 1.78 bits per heavy atom. The smallest absolute Gasteiger partial charge is 0.313 e. The van der Waals surface area contributed by atoms with Crippen molar-refractivity contribution in [1.29, 1.82) is 5.26 Å². The molecule has 0 amide bonds. The van der Waals surface area contributed by atoms with Gasteiger partial charge in [0.15, 0.2) is 5.69 Å². The van der Waals surface area contributed by atoms with E-state index in [1.54, 1.807) is 19.1 Å². The van der Waals surface area contributed by atoms with Crippen LogP contribution in [0.5, 0.6) is 0 Å². The van der Waals surface area contributed by atoms with Crippen molar-refractivity contribution in [2.45, 2.75) is 13.0 Å². The number of hydrogen-bond acceptors (Lipinski definition) is 5. The van der Waals surface area contributed by atoms with Gasteiger partial charge in [0.25, 0.3) is 0 Å². The first-order valence-electron chi connectivity index (χ1n) is 5.50. The van der Waals surface area contributed by atoms with Crippen molar-refractivity contribution in [1.82, 2.24) is 4.98 Å². The number of pyridine rings is 1. The van der Waals surface area contributed by atoms with Crippen molar-refractivity contribution < 1.29 is 14.6 Å². The van der Waals surface area contributed by atoms with E-state index in [1.807, 2.05) is 6.07 Å². The van der Waals surface area contributed by atoms with Crippen LogP contribution < -0.4 is 5.32 Å². The van der Waals surface area contributed by atoms with Crippen LogP contribution in [-0.4, -0.2) is 35.3 Å². The summed E-state index contributed by atoms with van der Waals surface area (Å²) >= 11 is 0. The minimum absolute atomic E-state index is 0.155. The minimum Gasteiger partial charge on any atom is -0.481 e. The van der Waals surface area contributed by atoms with Crippen LogP contribution in [0.15, 0.2) is 18.3 Å². The molecule has 0 radical (unpaired) electrons. The average molecular weight is 247 g/mol. The number of carboxylic acid groups (broad SMARTS) is 1. The Balaban J connectivity index is 2.24. The third kappa shape index (κ3) is 2.00. The number of anilines is 1. The molecule has 1 aromatic rings. The number of nitriles is 1. The standard InChI is InChI=1S/C12H13N3O3/c1-12(11(16)17)7-18-6-10(12)15-8-3-2-4-14-9(8)5-13/h2-4,10,15H,6-7H2,1H3,(H,16,17). The molecular weight excluding hydrogens is 234 g/mol. The molecule has 6 nitrogen and oxygen atoms in total. The van der Waals surface area contributed by atoms with Crippen molar-refractivity contribution >= 4 is 11.7 Å². The maximum atomic E-state index is 11.3. The Morgan fingerprint density at radius 3 is 3.22 bits per heavy atom. The van der Waals surface area contributed by atoms with Gasteiger partial charge in [-0.15, -0.1) is 0 Å². The van der Waals surface area contributed by atoms with Crippen molar-refractivity contribution in [2.24, 2.45) is 5.41 Å². The van der Waals surface area contributed by atoms with Crippen LogP contribution in [0.4, 0.5) is 5.69 Å². The lowest BCUT2D eigenvalue weighted by atomic mass is 9.85. The maximum absolute atomic E-state index is 11.3. The van der Waals surface area contributed by atoms with E-state index in [0.717, 1.165) is 0 Å². The van der Waals surface area contributed by atoms with E-state index in [9.17, 15) is 9.90 Å². The van der Waals surface area contributed by atoms with Crippen molar-refractivity contribution in [3.8, 4) is 6.07 Å². The first-order valence-corrected chi connectivity index (χ1v) is 5.50. The molecule has 0 aliphatic carbocycles. The largest absolute Gasteiger partial charge is 0.481 e. The van der Waals surface area contributed by atoms with Crippen LogP contribution in [0.3, 0.4) is 0 Å². The fourth-order valence-corrected chi connectivity index (χ4v) is 1.88. The lowest BCUT2D eigenvalue weighted by molar-refractivity contribution is -0.148. The van der Waals surface area contributed by atoms with Crippen LogP contribution in [0.1, 0.15) is 12.6 Å². The molecule has 6 heteroatoms. The Kier molecular flexibility index (Phi) is 3.17. The molecule has 1 aromatic heterocycles. The highest BCUT2D eigenvalue weighted by Gasteiger charge is 2.46. The first kappa shape index (κ1) is 12.3. The zero-order chi connectivity index (χ0) is 13.2. The summed E-state index contributed by atoms with van der Waals surface area (Å²) in [6.07, 6.45) is 1.52. The molecule has 1 fully saturated rings. The lowest BCUT2D eigenvalue weighted by Gasteiger charge is -2.26. The number of rotatable bonds is 3. The quantitative estimate of drug-likeness (QED) is 0.822. The summed E-state index contributed by atoms with van der Waals surface area (Å²) in [5.74, 6) is -0.917. The summed E-state index contributed by atoms with van der Waals surface area (Å²) in [4.78, 5) is 15.2. The molecular formula is C12H13N3O3. The SMILES string of the molecule is CC1(C(=O)O)COCC1Nc1cccnc1C#N. The third-order valence-electron chi connectivity index (χ3n) is 3.19. The fourth-order valence-electron chi connectivity index (χ4n) is 1.88. The predicted octanol–water partition coefficient (Wildman–Crippen LogP) is 0.855. The van der Waals surface area contributed by atoms with Crippen LogP contribution in [0, 0.1) is 16.7 Å². The molecule has 2 atom stereocenters. The number of aromatic nitrogens is 1. The molecule has 2 heterocycles. The third-order valence-corrected chi connectivity index (χ3v) is 3.19. The summed E-state index contributed by atoms with van der Waals surface area (Å²) < 4.78 is 5.23. The summed E-state index contributed by atoms with van der Waals surface area (Å²) in [5.41, 5.74) is -0.220. The number of carboxylic acids is 1. The van der Waals surface area contributed by atoms with Crippen molar-refractivity contribution in [3.05, 3.63) is 24.0 Å². The van der Waals surface area contributed by atoms with Gasteiger partial charge in [-0.25, -0.2) is 4.98 Å². The zero-order valence-corrected chi connectivity index (χ0v) is 9.88. The molecule has 2 rings (SSSR count). The highest BCUT2D eigenvalue weighted by Crippen LogP contribution is 2.31. The Labute approximate surface area is 104 Å². The van der Waals surface area contributed by atoms with Gasteiger partial charge in [-0.05, 0) is 19.1 Å². The molecule has 1 aliphatic heterocycles. The minimum atomic E-state index is -0.997. The second-order valence-electron chi connectivity index (χ2n) is 4.45. The molecule has 2 N–H and O–H groups in total. The topological polar surface area (TPSA) is 95.2 Å². The molecule has 0 bridgehead atoms. The summed E-state index contributed by atoms with van der Waals surface area (Å²) in [6.45, 7) is 2.08. The van der Waals surface area contributed by atoms with E-state index in [1.165, 1.54) is 6.20 Å². The van der Waals surface area contributed by atoms with Gasteiger partial charge in [-0.3, -0.25) is 4.79 Å². The van der Waals surface area contributed by atoms with Crippen LogP contribution in [0.2, 0.25) is 0 Å². The van der Waals surface area contributed by atoms with E-state index in [2.05, 4.69) is 10.3 Å². The van der Waals surface area contributed by atoms with Gasteiger partial charge in [-0.1, -0.05) is 0 Å².